The first kappa shape index (κ1) is 11.0. The smallest absolute Gasteiger partial charge is 0.325 e. The van der Waals surface area contributed by atoms with Crippen LogP contribution in [-0.4, -0.2) is 49.3 Å². The van der Waals surface area contributed by atoms with Crippen LogP contribution >= 0.6 is 11.7 Å². The number of carbonyl (C=O) groups is 2. The van der Waals surface area contributed by atoms with Crippen molar-refractivity contribution in [3.8, 4) is 0 Å². The molecule has 86 valence electrons. The molecule has 0 radical (unpaired) electrons. The Kier molecular flexibility index (Phi) is 2.60. The summed E-state index contributed by atoms with van der Waals surface area (Å²) >= 11 is 0.938. The summed E-state index contributed by atoms with van der Waals surface area (Å²) in [5.74, 6) is -1.40. The topological polar surface area (TPSA) is 109 Å². The van der Waals surface area contributed by atoms with Crippen LogP contribution in [0.5, 0.6) is 0 Å². The van der Waals surface area contributed by atoms with Crippen molar-refractivity contribution < 1.29 is 14.7 Å². The van der Waals surface area contributed by atoms with Crippen LogP contribution < -0.4 is 5.73 Å². The van der Waals surface area contributed by atoms with Gasteiger partial charge in [-0.1, -0.05) is 0 Å². The van der Waals surface area contributed by atoms with Crippen molar-refractivity contribution in [2.24, 2.45) is 5.73 Å². The number of rotatable bonds is 2. The Morgan fingerprint density at radius 1 is 1.62 bits per heavy atom. The lowest BCUT2D eigenvalue weighted by atomic mass is 10.0. The van der Waals surface area contributed by atoms with E-state index in [0.717, 1.165) is 11.7 Å². The molecule has 3 N–H and O–H groups in total. The number of nitrogens with zero attached hydrogens (tertiary/aromatic N) is 3. The van der Waals surface area contributed by atoms with E-state index in [1.54, 1.807) is 0 Å². The normalized spacial score (nSPS) is 24.7. The van der Waals surface area contributed by atoms with Crippen molar-refractivity contribution in [3.05, 3.63) is 11.9 Å². The zero-order valence-corrected chi connectivity index (χ0v) is 9.11. The molecule has 1 fully saturated rings. The van der Waals surface area contributed by atoms with Crippen LogP contribution in [0.1, 0.15) is 16.9 Å². The van der Waals surface area contributed by atoms with Gasteiger partial charge in [-0.25, -0.2) is 0 Å². The number of amides is 1. The zero-order valence-electron chi connectivity index (χ0n) is 8.29. The number of aliphatic carboxylic acids is 1. The second-order valence-electron chi connectivity index (χ2n) is 3.73. The Morgan fingerprint density at radius 2 is 2.38 bits per heavy atom. The first-order chi connectivity index (χ1) is 7.53. The molecule has 0 bridgehead atoms. The van der Waals surface area contributed by atoms with Gasteiger partial charge in [0.05, 0.1) is 17.9 Å². The molecule has 2 rings (SSSR count). The molecule has 1 aliphatic heterocycles. The molecule has 1 aromatic heterocycles. The average molecular weight is 242 g/mol. The van der Waals surface area contributed by atoms with Crippen LogP contribution in [0.4, 0.5) is 0 Å². The Hall–Kier alpha value is -1.54. The summed E-state index contributed by atoms with van der Waals surface area (Å²) in [5, 5.41) is 8.91. The van der Waals surface area contributed by atoms with Crippen molar-refractivity contribution in [2.75, 3.05) is 13.1 Å². The van der Waals surface area contributed by atoms with E-state index < -0.39 is 11.5 Å². The van der Waals surface area contributed by atoms with Crippen LogP contribution in [-0.2, 0) is 4.79 Å². The molecule has 7 nitrogen and oxygen atoms in total. The van der Waals surface area contributed by atoms with E-state index in [-0.39, 0.29) is 24.6 Å². The molecule has 2 heterocycles. The number of carbonyl (C=O) groups excluding carboxylic acids is 1. The molecule has 8 heteroatoms. The maximum Gasteiger partial charge on any atom is 0.325 e. The third-order valence-corrected chi connectivity index (χ3v) is 3.07. The lowest BCUT2D eigenvalue weighted by Crippen LogP contribution is -2.50. The highest BCUT2D eigenvalue weighted by Gasteiger charge is 2.43. The first-order valence-corrected chi connectivity index (χ1v) is 5.35. The van der Waals surface area contributed by atoms with Gasteiger partial charge in [-0.15, -0.1) is 0 Å². The average Bonchev–Trinajstić information content (AvgIpc) is 2.85. The highest BCUT2D eigenvalue weighted by atomic mass is 32.1. The van der Waals surface area contributed by atoms with Gasteiger partial charge in [0.25, 0.3) is 5.91 Å². The molecule has 0 spiro atoms. The standard InChI is InChI=1S/C8H10N4O3S/c9-8(7(14)15)1-2-12(4-8)6(13)5-3-10-16-11-5/h3H,1-2,4,9H2,(H,14,15). The van der Waals surface area contributed by atoms with Gasteiger partial charge in [-0.05, 0) is 6.42 Å². The monoisotopic (exact) mass is 242 g/mol. The number of nitrogens with two attached hydrogens (primary N) is 1. The van der Waals surface area contributed by atoms with E-state index >= 15 is 0 Å². The second kappa shape index (κ2) is 3.80. The molecule has 1 amide bonds. The Bertz CT molecular complexity index is 421. The molecule has 1 aliphatic rings. The van der Waals surface area contributed by atoms with E-state index in [1.807, 2.05) is 0 Å². The number of hydrogen-bond acceptors (Lipinski definition) is 6. The third kappa shape index (κ3) is 1.76. The lowest BCUT2D eigenvalue weighted by Gasteiger charge is -2.19. The maximum absolute atomic E-state index is 11.8. The van der Waals surface area contributed by atoms with Gasteiger partial charge in [0.1, 0.15) is 5.54 Å². The quantitative estimate of drug-likeness (QED) is 0.700. The molecular weight excluding hydrogens is 232 g/mol. The van der Waals surface area contributed by atoms with E-state index in [1.165, 1.54) is 11.1 Å². The van der Waals surface area contributed by atoms with Gasteiger partial charge in [-0.3, -0.25) is 9.59 Å². The highest BCUT2D eigenvalue weighted by molar-refractivity contribution is 6.99. The van der Waals surface area contributed by atoms with Crippen LogP contribution in [0.25, 0.3) is 0 Å². The SMILES string of the molecule is NC1(C(=O)O)CCN(C(=O)c2cnsn2)C1. The van der Waals surface area contributed by atoms with Crippen LogP contribution in [0.3, 0.4) is 0 Å². The molecule has 1 aromatic rings. The summed E-state index contributed by atoms with van der Waals surface area (Å²) in [6, 6.07) is 0. The summed E-state index contributed by atoms with van der Waals surface area (Å²) in [4.78, 5) is 24.1. The summed E-state index contributed by atoms with van der Waals surface area (Å²) < 4.78 is 7.53. The molecule has 0 saturated carbocycles. The van der Waals surface area contributed by atoms with Crippen molar-refractivity contribution in [3.63, 3.8) is 0 Å². The predicted octanol–water partition coefficient (Wildman–Crippen LogP) is -0.834. The minimum atomic E-state index is -1.33. The van der Waals surface area contributed by atoms with Crippen molar-refractivity contribution in [2.45, 2.75) is 12.0 Å². The third-order valence-electron chi connectivity index (χ3n) is 2.59. The molecule has 0 aromatic carbocycles. The van der Waals surface area contributed by atoms with Gasteiger partial charge in [0.2, 0.25) is 0 Å². The van der Waals surface area contributed by atoms with E-state index in [9.17, 15) is 9.59 Å². The van der Waals surface area contributed by atoms with Gasteiger partial charge in [0, 0.05) is 13.1 Å². The van der Waals surface area contributed by atoms with Crippen LogP contribution in [0, 0.1) is 0 Å². The Morgan fingerprint density at radius 3 is 2.88 bits per heavy atom. The van der Waals surface area contributed by atoms with E-state index in [4.69, 9.17) is 10.8 Å². The summed E-state index contributed by atoms with van der Waals surface area (Å²) in [7, 11) is 0. The molecular formula is C8H10N4O3S. The summed E-state index contributed by atoms with van der Waals surface area (Å²) in [6.07, 6.45) is 1.62. The van der Waals surface area contributed by atoms with Crippen LogP contribution in [0.15, 0.2) is 6.20 Å². The predicted molar refractivity (Wildman–Crippen MR) is 55.0 cm³/mol. The van der Waals surface area contributed by atoms with Gasteiger partial charge >= 0.3 is 5.97 Å². The number of aromatic nitrogens is 2. The Labute approximate surface area is 95.2 Å². The van der Waals surface area contributed by atoms with E-state index in [2.05, 4.69) is 8.75 Å². The first-order valence-electron chi connectivity index (χ1n) is 4.62. The summed E-state index contributed by atoms with van der Waals surface area (Å²) in [6.45, 7) is 0.345. The fraction of sp³-hybridized carbons (Fsp3) is 0.500. The van der Waals surface area contributed by atoms with Gasteiger partial charge in [0.15, 0.2) is 5.69 Å². The Balaban J connectivity index is 2.10. The lowest BCUT2D eigenvalue weighted by molar-refractivity contribution is -0.142. The molecule has 16 heavy (non-hydrogen) atoms. The highest BCUT2D eigenvalue weighted by Crippen LogP contribution is 2.20. The summed E-state index contributed by atoms with van der Waals surface area (Å²) in [5.41, 5.74) is 4.56. The number of likely N-dealkylation sites (tertiary alicyclic amines) is 1. The molecule has 1 atom stereocenters. The minimum Gasteiger partial charge on any atom is -0.480 e. The number of hydrogen-bond donors (Lipinski definition) is 2. The number of carboxylic acids is 1. The molecule has 0 aliphatic carbocycles. The zero-order chi connectivity index (χ0) is 11.8. The van der Waals surface area contributed by atoms with Crippen molar-refractivity contribution in [1.82, 2.24) is 13.6 Å². The van der Waals surface area contributed by atoms with Gasteiger partial charge in [-0.2, -0.15) is 8.75 Å². The second-order valence-corrected chi connectivity index (χ2v) is 4.29. The molecule has 1 saturated heterocycles. The largest absolute Gasteiger partial charge is 0.480 e. The fourth-order valence-electron chi connectivity index (χ4n) is 1.60. The fourth-order valence-corrected chi connectivity index (χ4v) is 2.01. The van der Waals surface area contributed by atoms with Crippen molar-refractivity contribution >= 4 is 23.6 Å². The maximum atomic E-state index is 11.8. The van der Waals surface area contributed by atoms with Crippen LogP contribution in [0.2, 0.25) is 0 Å². The minimum absolute atomic E-state index is 0.0126. The number of carboxylic acid groups (broad SMARTS) is 1. The van der Waals surface area contributed by atoms with Gasteiger partial charge < -0.3 is 15.7 Å². The van der Waals surface area contributed by atoms with Crippen molar-refractivity contribution in [1.29, 1.82) is 0 Å². The van der Waals surface area contributed by atoms with E-state index in [0.29, 0.717) is 6.54 Å². The molecule has 1 unspecified atom stereocenters.